The van der Waals surface area contributed by atoms with Crippen LogP contribution in [0.15, 0.2) is 18.2 Å². The van der Waals surface area contributed by atoms with E-state index in [0.29, 0.717) is 0 Å². The van der Waals surface area contributed by atoms with Crippen LogP contribution in [-0.4, -0.2) is 9.78 Å². The van der Waals surface area contributed by atoms with Gasteiger partial charge < -0.3 is 5.73 Å². The summed E-state index contributed by atoms with van der Waals surface area (Å²) in [5.74, 6) is 0. The van der Waals surface area contributed by atoms with Gasteiger partial charge in [0.2, 0.25) is 0 Å². The zero-order valence-electron chi connectivity index (χ0n) is 12.3. The minimum Gasteiger partial charge on any atom is -0.396 e. The summed E-state index contributed by atoms with van der Waals surface area (Å²) in [4.78, 5) is 0. The van der Waals surface area contributed by atoms with Gasteiger partial charge >= 0.3 is 0 Å². The summed E-state index contributed by atoms with van der Waals surface area (Å²) in [5.41, 5.74) is 13.1. The Kier molecular flexibility index (Phi) is 3.93. The highest BCUT2D eigenvalue weighted by atomic mass is 15.3. The highest BCUT2D eigenvalue weighted by molar-refractivity contribution is 5.48. The van der Waals surface area contributed by atoms with Crippen LogP contribution in [0.1, 0.15) is 41.9 Å². The van der Waals surface area contributed by atoms with Gasteiger partial charge in [-0.25, -0.2) is 0 Å². The van der Waals surface area contributed by atoms with E-state index in [4.69, 9.17) is 5.73 Å². The molecular weight excluding hydrogens is 234 g/mol. The van der Waals surface area contributed by atoms with Crippen LogP contribution in [0.25, 0.3) is 0 Å². The van der Waals surface area contributed by atoms with Crippen LogP contribution in [0.2, 0.25) is 0 Å². The van der Waals surface area contributed by atoms with Crippen molar-refractivity contribution in [3.05, 3.63) is 46.3 Å². The molecule has 1 heterocycles. The number of hydrogen-bond donors (Lipinski definition) is 1. The van der Waals surface area contributed by atoms with Gasteiger partial charge in [-0.05, 0) is 32.3 Å². The first kappa shape index (κ1) is 13.7. The Hall–Kier alpha value is -1.77. The summed E-state index contributed by atoms with van der Waals surface area (Å²) in [6, 6.07) is 6.63. The topological polar surface area (TPSA) is 43.8 Å². The second kappa shape index (κ2) is 5.47. The van der Waals surface area contributed by atoms with E-state index in [-0.39, 0.29) is 0 Å². The van der Waals surface area contributed by atoms with E-state index < -0.39 is 0 Å². The molecule has 0 radical (unpaired) electrons. The normalized spacial score (nSPS) is 10.9. The smallest absolute Gasteiger partial charge is 0.0854 e. The second-order valence-corrected chi connectivity index (χ2v) is 5.17. The quantitative estimate of drug-likeness (QED) is 0.913. The summed E-state index contributed by atoms with van der Waals surface area (Å²) >= 11 is 0. The van der Waals surface area contributed by atoms with Crippen molar-refractivity contribution >= 4 is 5.69 Å². The Balaban J connectivity index is 2.37. The molecule has 0 spiro atoms. The zero-order valence-corrected chi connectivity index (χ0v) is 12.3. The predicted octanol–water partition coefficient (Wildman–Crippen LogP) is 3.26. The lowest BCUT2D eigenvalue weighted by Crippen LogP contribution is -2.07. The van der Waals surface area contributed by atoms with E-state index in [1.807, 2.05) is 0 Å². The minimum absolute atomic E-state index is 0.801. The number of aromatic nitrogens is 2. The van der Waals surface area contributed by atoms with Crippen molar-refractivity contribution in [2.45, 2.75) is 47.1 Å². The highest BCUT2D eigenvalue weighted by Crippen LogP contribution is 2.20. The van der Waals surface area contributed by atoms with Gasteiger partial charge in [0.25, 0.3) is 0 Å². The van der Waals surface area contributed by atoms with Crippen LogP contribution in [0.5, 0.6) is 0 Å². The standard InChI is InChI=1S/C16H23N3/c1-5-14-16(17)15(6-2)19(18-14)10-13-8-11(3)7-12(4)9-13/h7-9H,5-6,10,17H2,1-4H3. The van der Waals surface area contributed by atoms with Crippen LogP contribution in [0.4, 0.5) is 5.69 Å². The maximum absolute atomic E-state index is 6.16. The van der Waals surface area contributed by atoms with Gasteiger partial charge in [0, 0.05) is 0 Å². The fraction of sp³-hybridized carbons (Fsp3) is 0.438. The summed E-state index contributed by atoms with van der Waals surface area (Å²) in [6.07, 6.45) is 1.81. The molecule has 1 aromatic carbocycles. The van der Waals surface area contributed by atoms with Crippen molar-refractivity contribution in [1.82, 2.24) is 9.78 Å². The fourth-order valence-corrected chi connectivity index (χ4v) is 2.66. The van der Waals surface area contributed by atoms with Gasteiger partial charge in [-0.1, -0.05) is 43.2 Å². The second-order valence-electron chi connectivity index (χ2n) is 5.17. The summed E-state index contributed by atoms with van der Waals surface area (Å²) < 4.78 is 2.06. The molecule has 0 aliphatic heterocycles. The molecule has 3 nitrogen and oxygen atoms in total. The number of nitrogens with two attached hydrogens (primary N) is 1. The molecule has 1 aromatic heterocycles. The number of rotatable bonds is 4. The largest absolute Gasteiger partial charge is 0.396 e. The molecule has 0 fully saturated rings. The van der Waals surface area contributed by atoms with E-state index in [1.54, 1.807) is 0 Å². The lowest BCUT2D eigenvalue weighted by molar-refractivity contribution is 0.640. The Labute approximate surface area is 115 Å². The molecule has 0 aliphatic carbocycles. The molecule has 3 heteroatoms. The van der Waals surface area contributed by atoms with Crippen molar-refractivity contribution in [1.29, 1.82) is 0 Å². The lowest BCUT2D eigenvalue weighted by atomic mass is 10.1. The molecular formula is C16H23N3. The molecule has 19 heavy (non-hydrogen) atoms. The number of nitrogens with zero attached hydrogens (tertiary/aromatic N) is 2. The Morgan fingerprint density at radius 3 is 2.21 bits per heavy atom. The SMILES string of the molecule is CCc1nn(Cc2cc(C)cc(C)c2)c(CC)c1N. The van der Waals surface area contributed by atoms with Gasteiger partial charge in [-0.3, -0.25) is 4.68 Å². The third-order valence-electron chi connectivity index (χ3n) is 3.46. The highest BCUT2D eigenvalue weighted by Gasteiger charge is 2.12. The average molecular weight is 257 g/mol. The van der Waals surface area contributed by atoms with Crippen LogP contribution in [0, 0.1) is 13.8 Å². The maximum atomic E-state index is 6.16. The first-order valence-corrected chi connectivity index (χ1v) is 6.96. The van der Waals surface area contributed by atoms with Gasteiger partial charge in [0.1, 0.15) is 0 Å². The number of benzene rings is 1. The van der Waals surface area contributed by atoms with E-state index in [9.17, 15) is 0 Å². The number of anilines is 1. The Morgan fingerprint density at radius 2 is 1.68 bits per heavy atom. The van der Waals surface area contributed by atoms with Gasteiger partial charge in [-0.2, -0.15) is 5.10 Å². The van der Waals surface area contributed by atoms with E-state index in [0.717, 1.165) is 36.5 Å². The number of aryl methyl sites for hydroxylation is 3. The van der Waals surface area contributed by atoms with Crippen molar-refractivity contribution in [2.75, 3.05) is 5.73 Å². The first-order valence-electron chi connectivity index (χ1n) is 6.96. The van der Waals surface area contributed by atoms with Crippen molar-refractivity contribution in [3.63, 3.8) is 0 Å². The fourth-order valence-electron chi connectivity index (χ4n) is 2.66. The van der Waals surface area contributed by atoms with Gasteiger partial charge in [-0.15, -0.1) is 0 Å². The maximum Gasteiger partial charge on any atom is 0.0854 e. The van der Waals surface area contributed by atoms with E-state index >= 15 is 0 Å². The van der Waals surface area contributed by atoms with Gasteiger partial charge in [0.05, 0.1) is 23.6 Å². The van der Waals surface area contributed by atoms with Crippen LogP contribution >= 0.6 is 0 Å². The molecule has 0 saturated carbocycles. The molecule has 0 amide bonds. The molecule has 2 N–H and O–H groups in total. The monoisotopic (exact) mass is 257 g/mol. The van der Waals surface area contributed by atoms with Crippen LogP contribution in [-0.2, 0) is 19.4 Å². The van der Waals surface area contributed by atoms with Crippen molar-refractivity contribution in [3.8, 4) is 0 Å². The summed E-state index contributed by atoms with van der Waals surface area (Å²) in [5, 5.41) is 4.65. The Bertz CT molecular complexity index is 562. The number of hydrogen-bond acceptors (Lipinski definition) is 2. The van der Waals surface area contributed by atoms with E-state index in [2.05, 4.69) is 55.7 Å². The lowest BCUT2D eigenvalue weighted by Gasteiger charge is -2.08. The van der Waals surface area contributed by atoms with Crippen molar-refractivity contribution < 1.29 is 0 Å². The van der Waals surface area contributed by atoms with Crippen molar-refractivity contribution in [2.24, 2.45) is 0 Å². The molecule has 0 saturated heterocycles. The summed E-state index contributed by atoms with van der Waals surface area (Å²) in [6.45, 7) is 9.29. The Morgan fingerprint density at radius 1 is 1.05 bits per heavy atom. The molecule has 2 rings (SSSR count). The van der Waals surface area contributed by atoms with Crippen LogP contribution < -0.4 is 5.73 Å². The third kappa shape index (κ3) is 2.80. The molecule has 0 unspecified atom stereocenters. The van der Waals surface area contributed by atoms with Gasteiger partial charge in [0.15, 0.2) is 0 Å². The van der Waals surface area contributed by atoms with E-state index in [1.165, 1.54) is 16.7 Å². The molecule has 0 atom stereocenters. The summed E-state index contributed by atoms with van der Waals surface area (Å²) in [7, 11) is 0. The molecule has 0 bridgehead atoms. The minimum atomic E-state index is 0.801. The third-order valence-corrected chi connectivity index (χ3v) is 3.46. The first-order chi connectivity index (χ1) is 9.05. The molecule has 102 valence electrons. The van der Waals surface area contributed by atoms with Crippen LogP contribution in [0.3, 0.4) is 0 Å². The predicted molar refractivity (Wildman–Crippen MR) is 80.4 cm³/mol. The average Bonchev–Trinajstić information content (AvgIpc) is 2.63. The number of nitrogen functional groups attached to an aromatic ring is 1. The molecule has 0 aliphatic rings. The zero-order chi connectivity index (χ0) is 14.0. The molecule has 2 aromatic rings.